The number of anilines is 2. The topological polar surface area (TPSA) is 152 Å². The first-order valence-electron chi connectivity index (χ1n) is 11.1. The van der Waals surface area contributed by atoms with Crippen LogP contribution in [0.3, 0.4) is 0 Å². The minimum atomic E-state index is -2.38. The maximum atomic E-state index is 14.8. The van der Waals surface area contributed by atoms with E-state index in [1.807, 2.05) is 0 Å². The summed E-state index contributed by atoms with van der Waals surface area (Å²) in [6.45, 7) is 0. The first-order chi connectivity index (χ1) is 20.5. The fourth-order valence-electron chi connectivity index (χ4n) is 4.18. The molecule has 226 valence electrons. The standard InChI is InChI=1S/C26H8F12N6/c27-11-4(2-40)12(28)16(32)9(15(11)31)23(41)7-5(3(1-39)6-13(29)19(35)25(43)20(36)14(6)30)8(7)24(42)10-17(33)21(37)26(44)22(38)18(10)34/h41-44H2/b5-3-,23-7-,24-8+. The minimum Gasteiger partial charge on any atom is -0.398 e. The highest BCUT2D eigenvalue weighted by molar-refractivity contribution is 6.08. The van der Waals surface area contributed by atoms with Gasteiger partial charge in [0.25, 0.3) is 0 Å². The Balaban J connectivity index is 2.27. The van der Waals surface area contributed by atoms with E-state index < -0.39 is 137 Å². The largest absolute Gasteiger partial charge is 0.398 e. The van der Waals surface area contributed by atoms with Gasteiger partial charge in [0, 0.05) is 16.7 Å². The average molecular weight is 632 g/mol. The van der Waals surface area contributed by atoms with Crippen molar-refractivity contribution in [1.29, 1.82) is 10.5 Å². The molecular weight excluding hydrogens is 624 g/mol. The van der Waals surface area contributed by atoms with Gasteiger partial charge in [-0.15, -0.1) is 0 Å². The maximum absolute atomic E-state index is 14.8. The third-order valence-electron chi connectivity index (χ3n) is 6.35. The summed E-state index contributed by atoms with van der Waals surface area (Å²) in [5.41, 5.74) is 2.11. The predicted octanol–water partition coefficient (Wildman–Crippen LogP) is 5.42. The zero-order valence-electron chi connectivity index (χ0n) is 20.7. The molecule has 0 amide bonds. The monoisotopic (exact) mass is 632 g/mol. The van der Waals surface area contributed by atoms with Crippen molar-refractivity contribution in [2.45, 2.75) is 0 Å². The number of nitrogens with two attached hydrogens (primary N) is 4. The zero-order chi connectivity index (χ0) is 33.3. The second kappa shape index (κ2) is 10.5. The molecule has 4 rings (SSSR count). The minimum absolute atomic E-state index is 0.820. The summed E-state index contributed by atoms with van der Waals surface area (Å²) in [5, 5.41) is 18.5. The van der Waals surface area contributed by atoms with Crippen LogP contribution >= 0.6 is 0 Å². The molecule has 0 heterocycles. The number of nitrogens with zero attached hydrogens (tertiary/aromatic N) is 2. The van der Waals surface area contributed by atoms with Crippen molar-refractivity contribution in [3.8, 4) is 12.1 Å². The van der Waals surface area contributed by atoms with E-state index in [-0.39, 0.29) is 0 Å². The van der Waals surface area contributed by atoms with E-state index in [1.165, 1.54) is 0 Å². The Labute approximate surface area is 236 Å². The van der Waals surface area contributed by atoms with Crippen LogP contribution in [0, 0.1) is 92.5 Å². The Kier molecular flexibility index (Phi) is 7.43. The van der Waals surface area contributed by atoms with E-state index >= 15 is 0 Å². The van der Waals surface area contributed by atoms with Gasteiger partial charge in [0.1, 0.15) is 29.1 Å². The molecule has 44 heavy (non-hydrogen) atoms. The van der Waals surface area contributed by atoms with Gasteiger partial charge in [0.15, 0.2) is 69.8 Å². The lowest BCUT2D eigenvalue weighted by Gasteiger charge is -2.10. The van der Waals surface area contributed by atoms with Crippen LogP contribution in [0.2, 0.25) is 0 Å². The van der Waals surface area contributed by atoms with Gasteiger partial charge >= 0.3 is 0 Å². The number of allylic oxidation sites excluding steroid dienone is 4. The average Bonchev–Trinajstić information content (AvgIpc) is 3.73. The molecule has 0 unspecified atom stereocenters. The van der Waals surface area contributed by atoms with Crippen LogP contribution in [-0.2, 0) is 0 Å². The Bertz CT molecular complexity index is 1960. The van der Waals surface area contributed by atoms with Crippen LogP contribution in [0.15, 0.2) is 16.7 Å². The molecule has 6 nitrogen and oxygen atoms in total. The highest BCUT2D eigenvalue weighted by atomic mass is 19.2. The summed E-state index contributed by atoms with van der Waals surface area (Å²) in [7, 11) is 0. The highest BCUT2D eigenvalue weighted by Gasteiger charge is 2.45. The van der Waals surface area contributed by atoms with Crippen LogP contribution in [-0.4, -0.2) is 0 Å². The predicted molar refractivity (Wildman–Crippen MR) is 127 cm³/mol. The van der Waals surface area contributed by atoms with Crippen molar-refractivity contribution in [3.63, 3.8) is 0 Å². The molecule has 18 heteroatoms. The quantitative estimate of drug-likeness (QED) is 0.131. The fraction of sp³-hybridized carbons (Fsp3) is 0. The molecule has 0 aromatic heterocycles. The van der Waals surface area contributed by atoms with Gasteiger partial charge in [-0.05, 0) is 0 Å². The van der Waals surface area contributed by atoms with E-state index in [2.05, 4.69) is 0 Å². The number of nitriles is 2. The summed E-state index contributed by atoms with van der Waals surface area (Å²) >= 11 is 0. The van der Waals surface area contributed by atoms with Crippen LogP contribution in [0.25, 0.3) is 17.0 Å². The summed E-state index contributed by atoms with van der Waals surface area (Å²) in [6, 6.07) is 1.87. The van der Waals surface area contributed by atoms with Gasteiger partial charge in [-0.2, -0.15) is 10.5 Å². The number of benzene rings is 3. The number of rotatable bonds is 3. The lowest BCUT2D eigenvalue weighted by Crippen LogP contribution is -2.11. The van der Waals surface area contributed by atoms with Crippen molar-refractivity contribution in [2.75, 3.05) is 11.5 Å². The van der Waals surface area contributed by atoms with E-state index in [9.17, 15) is 57.9 Å². The lowest BCUT2D eigenvalue weighted by atomic mass is 10.0. The SMILES string of the molecule is N#C/C(=C1\C(=C(\N)c2c(F)c(F)c(C#N)c(F)c2F)\C1=C(\N)c1c(F)c(F)c(N)c(F)c1F)c1c(F)c(F)c(N)c(F)c1F. The van der Waals surface area contributed by atoms with Gasteiger partial charge in [0.05, 0.1) is 33.7 Å². The normalized spacial score (nSPS) is 16.0. The molecule has 0 aliphatic heterocycles. The molecule has 1 aliphatic rings. The van der Waals surface area contributed by atoms with E-state index in [1.54, 1.807) is 0 Å². The first kappa shape index (κ1) is 31.2. The molecule has 0 radical (unpaired) electrons. The Morgan fingerprint density at radius 1 is 0.432 bits per heavy atom. The number of nitrogen functional groups attached to an aromatic ring is 2. The summed E-state index contributed by atoms with van der Waals surface area (Å²) < 4.78 is 174. The van der Waals surface area contributed by atoms with Gasteiger partial charge in [-0.3, -0.25) is 0 Å². The summed E-state index contributed by atoms with van der Waals surface area (Å²) in [6.07, 6.45) is 0. The smallest absolute Gasteiger partial charge is 0.185 e. The van der Waals surface area contributed by atoms with Gasteiger partial charge in [0.2, 0.25) is 0 Å². The van der Waals surface area contributed by atoms with Crippen LogP contribution in [0.5, 0.6) is 0 Å². The fourth-order valence-corrected chi connectivity index (χ4v) is 4.18. The molecule has 3 aromatic rings. The molecule has 0 atom stereocenters. The second-order valence-corrected chi connectivity index (χ2v) is 8.65. The molecule has 0 saturated heterocycles. The highest BCUT2D eigenvalue weighted by Crippen LogP contribution is 2.55. The molecule has 1 saturated carbocycles. The third kappa shape index (κ3) is 4.14. The Morgan fingerprint density at radius 3 is 1.02 bits per heavy atom. The number of halogens is 12. The summed E-state index contributed by atoms with van der Waals surface area (Å²) in [4.78, 5) is 0. The van der Waals surface area contributed by atoms with Crippen LogP contribution in [0.4, 0.5) is 64.1 Å². The van der Waals surface area contributed by atoms with E-state index in [0.29, 0.717) is 0 Å². The molecule has 8 N–H and O–H groups in total. The Hall–Kier alpha value is -5.78. The van der Waals surface area contributed by atoms with Crippen molar-refractivity contribution in [1.82, 2.24) is 0 Å². The van der Waals surface area contributed by atoms with Crippen molar-refractivity contribution in [3.05, 3.63) is 109 Å². The van der Waals surface area contributed by atoms with Gasteiger partial charge in [-0.1, -0.05) is 0 Å². The maximum Gasteiger partial charge on any atom is 0.185 e. The molecular formula is C26H8F12N6. The van der Waals surface area contributed by atoms with Crippen molar-refractivity contribution < 1.29 is 52.7 Å². The molecule has 1 aliphatic carbocycles. The molecule has 0 spiro atoms. The lowest BCUT2D eigenvalue weighted by molar-refractivity contribution is 0.446. The van der Waals surface area contributed by atoms with E-state index in [0.717, 1.165) is 12.1 Å². The summed E-state index contributed by atoms with van der Waals surface area (Å²) in [5.74, 6) is -27.8. The molecule has 0 bridgehead atoms. The molecule has 1 fully saturated rings. The number of hydrogen-bond acceptors (Lipinski definition) is 6. The first-order valence-corrected chi connectivity index (χ1v) is 11.1. The second-order valence-electron chi connectivity index (χ2n) is 8.65. The van der Waals surface area contributed by atoms with Crippen LogP contribution < -0.4 is 22.9 Å². The van der Waals surface area contributed by atoms with Crippen molar-refractivity contribution >= 4 is 28.3 Å². The zero-order valence-corrected chi connectivity index (χ0v) is 20.7. The number of hydrogen-bond donors (Lipinski definition) is 4. The van der Waals surface area contributed by atoms with E-state index in [4.69, 9.17) is 28.2 Å². The third-order valence-corrected chi connectivity index (χ3v) is 6.35. The van der Waals surface area contributed by atoms with Crippen molar-refractivity contribution in [2.24, 2.45) is 11.5 Å². The van der Waals surface area contributed by atoms with Gasteiger partial charge in [-0.25, -0.2) is 52.7 Å². The molecule has 3 aromatic carbocycles. The van der Waals surface area contributed by atoms with Gasteiger partial charge < -0.3 is 22.9 Å². The van der Waals surface area contributed by atoms with Crippen LogP contribution in [0.1, 0.15) is 22.3 Å². The Morgan fingerprint density at radius 2 is 0.727 bits per heavy atom.